The lowest BCUT2D eigenvalue weighted by atomic mass is 9.82. The Morgan fingerprint density at radius 1 is 1.18 bits per heavy atom. The molecule has 0 bridgehead atoms. The zero-order valence-electron chi connectivity index (χ0n) is 22.5. The topological polar surface area (TPSA) is 135 Å². The highest BCUT2D eigenvalue weighted by atomic mass is 16.7. The van der Waals surface area contributed by atoms with E-state index in [0.29, 0.717) is 49.7 Å². The molecular formula is C28H43N3O7. The molecular weight excluding hydrogens is 490 g/mol. The monoisotopic (exact) mass is 533 g/mol. The van der Waals surface area contributed by atoms with E-state index >= 15 is 0 Å². The van der Waals surface area contributed by atoms with Crippen molar-refractivity contribution in [3.8, 4) is 11.5 Å². The quantitative estimate of drug-likeness (QED) is 0.349. The fourth-order valence-electron chi connectivity index (χ4n) is 6.16. The van der Waals surface area contributed by atoms with E-state index in [1.165, 1.54) is 0 Å². The van der Waals surface area contributed by atoms with Gasteiger partial charge in [0.15, 0.2) is 11.5 Å². The molecule has 4 atom stereocenters. The number of ether oxygens (including phenoxy) is 3. The van der Waals surface area contributed by atoms with Gasteiger partial charge in [0.05, 0.1) is 25.2 Å². The van der Waals surface area contributed by atoms with Crippen LogP contribution in [0.15, 0.2) is 12.1 Å². The van der Waals surface area contributed by atoms with Gasteiger partial charge < -0.3 is 35.1 Å². The number of fused-ring (bicyclic) bond motifs is 1. The Labute approximate surface area is 225 Å². The van der Waals surface area contributed by atoms with E-state index in [0.717, 1.165) is 50.7 Å². The fraction of sp³-hybridized carbons (Fsp3) is 0.714. The summed E-state index contributed by atoms with van der Waals surface area (Å²) in [7, 11) is 0. The van der Waals surface area contributed by atoms with Crippen molar-refractivity contribution < 1.29 is 34.0 Å². The number of nitrogens with two attached hydrogens (primary N) is 1. The van der Waals surface area contributed by atoms with E-state index in [1.807, 2.05) is 17.0 Å². The Hall–Kier alpha value is -2.40. The summed E-state index contributed by atoms with van der Waals surface area (Å²) in [5.74, 6) is -0.951. The van der Waals surface area contributed by atoms with E-state index < -0.39 is 11.9 Å². The van der Waals surface area contributed by atoms with E-state index in [1.54, 1.807) is 4.90 Å². The molecule has 1 amide bonds. The van der Waals surface area contributed by atoms with Crippen LogP contribution in [0.2, 0.25) is 0 Å². The Kier molecular flexibility index (Phi) is 10.2. The molecule has 0 saturated carbocycles. The normalized spacial score (nSPS) is 25.0. The maximum Gasteiger partial charge on any atom is 0.308 e. The molecule has 4 rings (SSSR count). The van der Waals surface area contributed by atoms with Gasteiger partial charge in [0.2, 0.25) is 12.7 Å². The van der Waals surface area contributed by atoms with Gasteiger partial charge in [-0.25, -0.2) is 0 Å². The third kappa shape index (κ3) is 6.59. The number of likely N-dealkylation sites (tertiary alicyclic amines) is 1. The molecule has 3 aliphatic rings. The number of hydrogen-bond acceptors (Lipinski definition) is 8. The van der Waals surface area contributed by atoms with Crippen LogP contribution < -0.4 is 15.2 Å². The third-order valence-electron chi connectivity index (χ3n) is 8.13. The first-order valence-corrected chi connectivity index (χ1v) is 14.1. The summed E-state index contributed by atoms with van der Waals surface area (Å²) in [6.45, 7) is 4.76. The number of carbonyl (C=O) groups is 2. The van der Waals surface area contributed by atoms with Gasteiger partial charge in [0.25, 0.3) is 0 Å². The molecule has 10 nitrogen and oxygen atoms in total. The molecule has 2 saturated heterocycles. The second-order valence-corrected chi connectivity index (χ2v) is 10.6. The van der Waals surface area contributed by atoms with Crippen LogP contribution in [-0.4, -0.2) is 90.2 Å². The highest BCUT2D eigenvalue weighted by molar-refractivity contribution is 5.79. The van der Waals surface area contributed by atoms with Crippen LogP contribution in [0.3, 0.4) is 0 Å². The van der Waals surface area contributed by atoms with Gasteiger partial charge in [0, 0.05) is 50.3 Å². The summed E-state index contributed by atoms with van der Waals surface area (Å²) >= 11 is 0. The maximum atomic E-state index is 13.4. The number of carboxylic acid groups (broad SMARTS) is 1. The van der Waals surface area contributed by atoms with Crippen molar-refractivity contribution in [3.05, 3.63) is 23.3 Å². The first-order valence-electron chi connectivity index (χ1n) is 14.1. The number of benzene rings is 1. The molecule has 0 spiro atoms. The van der Waals surface area contributed by atoms with Crippen molar-refractivity contribution in [2.45, 2.75) is 76.5 Å². The van der Waals surface area contributed by atoms with Crippen molar-refractivity contribution in [2.75, 3.05) is 46.1 Å². The van der Waals surface area contributed by atoms with E-state index in [9.17, 15) is 19.8 Å². The predicted octanol–water partition coefficient (Wildman–Crippen LogP) is 2.31. The zero-order chi connectivity index (χ0) is 27.1. The molecule has 0 aliphatic carbocycles. The van der Waals surface area contributed by atoms with Gasteiger partial charge in [-0.1, -0.05) is 13.3 Å². The Bertz CT molecular complexity index is 953. The average molecular weight is 534 g/mol. The standard InChI is InChI=1S/C28H43N3O7/c1-2-3-10-30(11-9-29)25(33)16-31-15-22(19-13-20(17-32)27-24(14-19)37-18-38-27)26(28(34)35)23(31)8-7-21-6-4-5-12-36-21/h13-14,21-23,26,32H,2-12,15-18,29H2,1H3,(H,34,35)/t21?,22-,23+,26-/m1/s1. The van der Waals surface area contributed by atoms with Gasteiger partial charge in [-0.15, -0.1) is 0 Å². The lowest BCUT2D eigenvalue weighted by Gasteiger charge is -2.31. The number of carbonyl (C=O) groups excluding carboxylic acids is 1. The second-order valence-electron chi connectivity index (χ2n) is 10.6. The van der Waals surface area contributed by atoms with Gasteiger partial charge in [-0.05, 0) is 56.2 Å². The van der Waals surface area contributed by atoms with Crippen LogP contribution in [0.1, 0.15) is 68.9 Å². The van der Waals surface area contributed by atoms with Crippen LogP contribution in [0, 0.1) is 5.92 Å². The van der Waals surface area contributed by atoms with Crippen LogP contribution in [-0.2, 0) is 20.9 Å². The molecule has 1 unspecified atom stereocenters. The first-order chi connectivity index (χ1) is 18.5. The Morgan fingerprint density at radius 2 is 2.03 bits per heavy atom. The van der Waals surface area contributed by atoms with Crippen LogP contribution in [0.5, 0.6) is 11.5 Å². The summed E-state index contributed by atoms with van der Waals surface area (Å²) in [5, 5.41) is 20.4. The molecule has 2 fully saturated rings. The number of amides is 1. The molecule has 10 heteroatoms. The van der Waals surface area contributed by atoms with E-state index in [-0.39, 0.29) is 43.9 Å². The van der Waals surface area contributed by atoms with E-state index in [4.69, 9.17) is 19.9 Å². The number of unbranched alkanes of at least 4 members (excludes halogenated alkanes) is 1. The maximum absolute atomic E-state index is 13.4. The molecule has 212 valence electrons. The molecule has 38 heavy (non-hydrogen) atoms. The Morgan fingerprint density at radius 3 is 2.71 bits per heavy atom. The first kappa shape index (κ1) is 28.6. The molecule has 4 N–H and O–H groups in total. The Balaban J connectivity index is 1.60. The number of nitrogens with zero attached hydrogens (tertiary/aromatic N) is 2. The summed E-state index contributed by atoms with van der Waals surface area (Å²) < 4.78 is 17.0. The molecule has 3 aliphatic heterocycles. The van der Waals surface area contributed by atoms with Crippen molar-refractivity contribution in [1.82, 2.24) is 9.80 Å². The third-order valence-corrected chi connectivity index (χ3v) is 8.13. The summed E-state index contributed by atoms with van der Waals surface area (Å²) in [6.07, 6.45) is 6.56. The number of aliphatic hydroxyl groups is 1. The molecule has 0 aromatic heterocycles. The highest BCUT2D eigenvalue weighted by Crippen LogP contribution is 2.45. The van der Waals surface area contributed by atoms with Crippen molar-refractivity contribution in [2.24, 2.45) is 11.7 Å². The minimum Gasteiger partial charge on any atom is -0.481 e. The minimum absolute atomic E-state index is 0.0191. The number of aliphatic carboxylic acids is 1. The predicted molar refractivity (Wildman–Crippen MR) is 141 cm³/mol. The lowest BCUT2D eigenvalue weighted by Crippen LogP contribution is -2.46. The van der Waals surface area contributed by atoms with Gasteiger partial charge in [0.1, 0.15) is 0 Å². The second kappa shape index (κ2) is 13.6. The molecule has 1 aromatic rings. The minimum atomic E-state index is -0.882. The number of rotatable bonds is 13. The number of aliphatic hydroxyl groups excluding tert-OH is 1. The number of carboxylic acids is 1. The zero-order valence-corrected chi connectivity index (χ0v) is 22.5. The van der Waals surface area contributed by atoms with Crippen molar-refractivity contribution >= 4 is 11.9 Å². The van der Waals surface area contributed by atoms with Crippen molar-refractivity contribution in [3.63, 3.8) is 0 Å². The largest absolute Gasteiger partial charge is 0.481 e. The highest BCUT2D eigenvalue weighted by Gasteiger charge is 2.47. The molecule has 3 heterocycles. The smallest absolute Gasteiger partial charge is 0.308 e. The van der Waals surface area contributed by atoms with Crippen LogP contribution >= 0.6 is 0 Å². The molecule has 0 radical (unpaired) electrons. The summed E-state index contributed by atoms with van der Waals surface area (Å²) in [6, 6.07) is 3.33. The number of hydrogen-bond donors (Lipinski definition) is 3. The average Bonchev–Trinajstić information content (AvgIpc) is 3.54. The SMILES string of the molecule is CCCCN(CCN)C(=O)CN1C[C@H](c2cc(CO)c3c(c2)OCO3)[C@@H](C(=O)O)[C@@H]1CCC1CCCCO1. The summed E-state index contributed by atoms with van der Waals surface area (Å²) in [5.41, 5.74) is 7.15. The van der Waals surface area contributed by atoms with E-state index in [2.05, 4.69) is 6.92 Å². The van der Waals surface area contributed by atoms with Crippen LogP contribution in [0.25, 0.3) is 0 Å². The lowest BCUT2D eigenvalue weighted by molar-refractivity contribution is -0.144. The molecule has 1 aromatic carbocycles. The fourth-order valence-corrected chi connectivity index (χ4v) is 6.16. The summed E-state index contributed by atoms with van der Waals surface area (Å²) in [4.78, 5) is 30.0. The van der Waals surface area contributed by atoms with Gasteiger partial charge in [-0.2, -0.15) is 0 Å². The van der Waals surface area contributed by atoms with Crippen molar-refractivity contribution in [1.29, 1.82) is 0 Å². The van der Waals surface area contributed by atoms with Gasteiger partial charge >= 0.3 is 5.97 Å². The van der Waals surface area contributed by atoms with Crippen LogP contribution in [0.4, 0.5) is 0 Å². The van der Waals surface area contributed by atoms with Gasteiger partial charge in [-0.3, -0.25) is 14.5 Å².